The Bertz CT molecular complexity index is 329. The second-order valence-corrected chi connectivity index (χ2v) is 4.92. The first-order valence-electron chi connectivity index (χ1n) is 6.75. The minimum atomic E-state index is 0.622. The molecular formula is C15H23NO. The van der Waals surface area contributed by atoms with Gasteiger partial charge in [-0.2, -0.15) is 0 Å². The van der Waals surface area contributed by atoms with E-state index in [1.54, 1.807) is 0 Å². The predicted octanol–water partition coefficient (Wildman–Crippen LogP) is 3.33. The van der Waals surface area contributed by atoms with Gasteiger partial charge in [-0.1, -0.05) is 19.1 Å². The Morgan fingerprint density at radius 2 is 2.00 bits per heavy atom. The molecule has 1 N–H and O–H groups in total. The van der Waals surface area contributed by atoms with E-state index < -0.39 is 0 Å². The number of ether oxygens (including phenoxy) is 1. The van der Waals surface area contributed by atoms with Gasteiger partial charge < -0.3 is 10.1 Å². The van der Waals surface area contributed by atoms with E-state index in [1.165, 1.54) is 24.8 Å². The summed E-state index contributed by atoms with van der Waals surface area (Å²) in [5.41, 5.74) is 1.41. The van der Waals surface area contributed by atoms with E-state index >= 15 is 0 Å². The molecule has 2 nitrogen and oxygen atoms in total. The molecule has 17 heavy (non-hydrogen) atoms. The molecule has 1 aliphatic rings. The number of nitrogens with one attached hydrogen (secondary N) is 1. The lowest BCUT2D eigenvalue weighted by molar-refractivity contribution is 0.340. The van der Waals surface area contributed by atoms with Gasteiger partial charge in [0.2, 0.25) is 0 Å². The van der Waals surface area contributed by atoms with Crippen molar-refractivity contribution in [3.05, 3.63) is 29.8 Å². The van der Waals surface area contributed by atoms with E-state index in [2.05, 4.69) is 36.5 Å². The minimum Gasteiger partial charge on any atom is -0.494 e. The average molecular weight is 233 g/mol. The standard InChI is InChI=1S/C15H23NO/c1-3-17-15-8-4-13(5-9-15)12(2)10-11-16-14-6-7-14/h4-5,8-9,12,14,16H,3,6-7,10-11H2,1-2H3. The van der Waals surface area contributed by atoms with Crippen molar-refractivity contribution < 1.29 is 4.74 Å². The molecule has 2 heteroatoms. The Morgan fingerprint density at radius 3 is 2.59 bits per heavy atom. The summed E-state index contributed by atoms with van der Waals surface area (Å²) in [6.07, 6.45) is 3.96. The lowest BCUT2D eigenvalue weighted by atomic mass is 9.98. The zero-order valence-corrected chi connectivity index (χ0v) is 10.9. The van der Waals surface area contributed by atoms with Crippen LogP contribution in [-0.2, 0) is 0 Å². The van der Waals surface area contributed by atoms with Gasteiger partial charge in [-0.3, -0.25) is 0 Å². The van der Waals surface area contributed by atoms with Crippen molar-refractivity contribution in [2.24, 2.45) is 0 Å². The van der Waals surface area contributed by atoms with E-state index in [9.17, 15) is 0 Å². The van der Waals surface area contributed by atoms with Gasteiger partial charge in [-0.15, -0.1) is 0 Å². The van der Waals surface area contributed by atoms with Crippen molar-refractivity contribution in [1.82, 2.24) is 5.32 Å². The fourth-order valence-corrected chi connectivity index (χ4v) is 2.02. The molecule has 0 heterocycles. The third kappa shape index (κ3) is 4.04. The summed E-state index contributed by atoms with van der Waals surface area (Å²) in [5.74, 6) is 1.59. The predicted molar refractivity (Wildman–Crippen MR) is 71.7 cm³/mol. The number of rotatable bonds is 7. The van der Waals surface area contributed by atoms with E-state index in [1.807, 2.05) is 6.92 Å². The van der Waals surface area contributed by atoms with Crippen LogP contribution >= 0.6 is 0 Å². The SMILES string of the molecule is CCOc1ccc(C(C)CCNC2CC2)cc1. The van der Waals surface area contributed by atoms with Crippen LogP contribution < -0.4 is 10.1 Å². The molecule has 0 radical (unpaired) electrons. The molecule has 1 aromatic carbocycles. The van der Waals surface area contributed by atoms with Crippen molar-refractivity contribution in [3.8, 4) is 5.75 Å². The molecule has 0 saturated heterocycles. The van der Waals surface area contributed by atoms with Crippen LogP contribution in [0.3, 0.4) is 0 Å². The number of hydrogen-bond acceptors (Lipinski definition) is 2. The first kappa shape index (κ1) is 12.4. The molecule has 1 fully saturated rings. The average Bonchev–Trinajstić information content (AvgIpc) is 3.14. The van der Waals surface area contributed by atoms with E-state index in [-0.39, 0.29) is 0 Å². The smallest absolute Gasteiger partial charge is 0.119 e. The van der Waals surface area contributed by atoms with E-state index in [4.69, 9.17) is 4.74 Å². The Kier molecular flexibility index (Phi) is 4.43. The zero-order chi connectivity index (χ0) is 12.1. The molecule has 0 aromatic heterocycles. The largest absolute Gasteiger partial charge is 0.494 e. The van der Waals surface area contributed by atoms with Crippen molar-refractivity contribution in [2.45, 2.75) is 45.1 Å². The summed E-state index contributed by atoms with van der Waals surface area (Å²) in [6, 6.07) is 9.34. The van der Waals surface area contributed by atoms with Crippen LogP contribution in [0, 0.1) is 0 Å². The molecule has 0 bridgehead atoms. The highest BCUT2D eigenvalue weighted by Gasteiger charge is 2.20. The van der Waals surface area contributed by atoms with Crippen molar-refractivity contribution >= 4 is 0 Å². The van der Waals surface area contributed by atoms with Crippen LogP contribution in [0.1, 0.15) is 44.6 Å². The Morgan fingerprint density at radius 1 is 1.29 bits per heavy atom. The van der Waals surface area contributed by atoms with Gasteiger partial charge in [0.1, 0.15) is 5.75 Å². The van der Waals surface area contributed by atoms with Crippen LogP contribution in [0.5, 0.6) is 5.75 Å². The highest BCUT2D eigenvalue weighted by atomic mass is 16.5. The highest BCUT2D eigenvalue weighted by molar-refractivity contribution is 5.29. The molecule has 94 valence electrons. The van der Waals surface area contributed by atoms with Gasteiger partial charge in [0.25, 0.3) is 0 Å². The van der Waals surface area contributed by atoms with Crippen molar-refractivity contribution in [1.29, 1.82) is 0 Å². The third-order valence-electron chi connectivity index (χ3n) is 3.35. The van der Waals surface area contributed by atoms with Crippen molar-refractivity contribution in [2.75, 3.05) is 13.2 Å². The van der Waals surface area contributed by atoms with Gasteiger partial charge >= 0.3 is 0 Å². The molecule has 1 aromatic rings. The Labute approximate surface area is 104 Å². The van der Waals surface area contributed by atoms with E-state index in [0.717, 1.165) is 24.9 Å². The van der Waals surface area contributed by atoms with Gasteiger partial charge in [0.05, 0.1) is 6.61 Å². The van der Waals surface area contributed by atoms with Crippen LogP contribution in [0.15, 0.2) is 24.3 Å². The van der Waals surface area contributed by atoms with Crippen LogP contribution in [0.4, 0.5) is 0 Å². The summed E-state index contributed by atoms with van der Waals surface area (Å²) < 4.78 is 5.45. The Balaban J connectivity index is 1.78. The second-order valence-electron chi connectivity index (χ2n) is 4.92. The summed E-state index contributed by atoms with van der Waals surface area (Å²) in [4.78, 5) is 0. The molecule has 1 unspecified atom stereocenters. The first-order chi connectivity index (χ1) is 8.29. The fraction of sp³-hybridized carbons (Fsp3) is 0.600. The summed E-state index contributed by atoms with van der Waals surface area (Å²) in [5, 5.41) is 3.56. The molecule has 1 atom stereocenters. The van der Waals surface area contributed by atoms with Gasteiger partial charge in [-0.05, 0) is 56.3 Å². The summed E-state index contributed by atoms with van der Waals surface area (Å²) >= 11 is 0. The van der Waals surface area contributed by atoms with E-state index in [0.29, 0.717) is 5.92 Å². The van der Waals surface area contributed by atoms with Crippen LogP contribution in [0.25, 0.3) is 0 Å². The molecule has 1 saturated carbocycles. The van der Waals surface area contributed by atoms with Gasteiger partial charge in [-0.25, -0.2) is 0 Å². The Hall–Kier alpha value is -1.02. The maximum absolute atomic E-state index is 5.45. The molecular weight excluding hydrogens is 210 g/mol. The quantitative estimate of drug-likeness (QED) is 0.780. The number of benzene rings is 1. The topological polar surface area (TPSA) is 21.3 Å². The maximum Gasteiger partial charge on any atom is 0.119 e. The number of hydrogen-bond donors (Lipinski definition) is 1. The van der Waals surface area contributed by atoms with Crippen molar-refractivity contribution in [3.63, 3.8) is 0 Å². The monoisotopic (exact) mass is 233 g/mol. The maximum atomic E-state index is 5.45. The molecule has 2 rings (SSSR count). The lowest BCUT2D eigenvalue weighted by Gasteiger charge is -2.13. The molecule has 0 amide bonds. The van der Waals surface area contributed by atoms with Gasteiger partial charge in [0, 0.05) is 6.04 Å². The molecule has 1 aliphatic carbocycles. The molecule has 0 aliphatic heterocycles. The minimum absolute atomic E-state index is 0.622. The lowest BCUT2D eigenvalue weighted by Crippen LogP contribution is -2.18. The van der Waals surface area contributed by atoms with Crippen LogP contribution in [0.2, 0.25) is 0 Å². The highest BCUT2D eigenvalue weighted by Crippen LogP contribution is 2.23. The summed E-state index contributed by atoms with van der Waals surface area (Å²) in [7, 11) is 0. The second kappa shape index (κ2) is 6.06. The molecule has 0 spiro atoms. The third-order valence-corrected chi connectivity index (χ3v) is 3.35. The van der Waals surface area contributed by atoms with Gasteiger partial charge in [0.15, 0.2) is 0 Å². The summed E-state index contributed by atoms with van der Waals surface area (Å²) in [6.45, 7) is 6.18. The fourth-order valence-electron chi connectivity index (χ4n) is 2.02. The normalized spacial score (nSPS) is 16.8. The first-order valence-corrected chi connectivity index (χ1v) is 6.75. The zero-order valence-electron chi connectivity index (χ0n) is 10.9. The van der Waals surface area contributed by atoms with Crippen LogP contribution in [-0.4, -0.2) is 19.2 Å².